The van der Waals surface area contributed by atoms with Gasteiger partial charge in [0.15, 0.2) is 11.6 Å². The molecule has 0 heterocycles. The van der Waals surface area contributed by atoms with E-state index >= 15 is 0 Å². The summed E-state index contributed by atoms with van der Waals surface area (Å²) in [5, 5.41) is 2.28. The monoisotopic (exact) mass is 408 g/mol. The summed E-state index contributed by atoms with van der Waals surface area (Å²) in [6, 6.07) is 8.94. The Morgan fingerprint density at radius 3 is 2.46 bits per heavy atom. The molecule has 1 amide bonds. The van der Waals surface area contributed by atoms with Crippen LogP contribution in [0.15, 0.2) is 47.4 Å². The Labute approximate surface area is 163 Å². The predicted molar refractivity (Wildman–Crippen MR) is 103 cm³/mol. The number of hydrogen-bond donors (Lipinski definition) is 1. The standard InChI is InChI=1S/C20H22F2N2O3S/c1-24(15-8-3-2-4-9-15)28(26,27)16-10-5-7-14(13-16)20(25)23-18-12-6-11-17(21)19(18)22/h5-7,10-13,15H,2-4,8-9H2,1H3,(H,23,25). The molecule has 0 bridgehead atoms. The Morgan fingerprint density at radius 1 is 1.07 bits per heavy atom. The molecule has 8 heteroatoms. The summed E-state index contributed by atoms with van der Waals surface area (Å²) in [6.45, 7) is 0. The fourth-order valence-electron chi connectivity index (χ4n) is 3.40. The molecule has 2 aromatic rings. The topological polar surface area (TPSA) is 66.5 Å². The minimum Gasteiger partial charge on any atom is -0.319 e. The van der Waals surface area contributed by atoms with Gasteiger partial charge in [-0.3, -0.25) is 4.79 Å². The van der Waals surface area contributed by atoms with Crippen molar-refractivity contribution in [2.45, 2.75) is 43.0 Å². The van der Waals surface area contributed by atoms with Gasteiger partial charge in [0.2, 0.25) is 10.0 Å². The maximum atomic E-state index is 13.8. The van der Waals surface area contributed by atoms with Crippen molar-refractivity contribution in [2.24, 2.45) is 0 Å². The molecule has 0 aromatic heterocycles. The Hall–Kier alpha value is -2.32. The minimum absolute atomic E-state index is 0.00654. The fraction of sp³-hybridized carbons (Fsp3) is 0.350. The lowest BCUT2D eigenvalue weighted by atomic mass is 9.96. The van der Waals surface area contributed by atoms with E-state index in [1.807, 2.05) is 0 Å². The SMILES string of the molecule is CN(C1CCCCC1)S(=O)(=O)c1cccc(C(=O)Nc2cccc(F)c2F)c1. The van der Waals surface area contributed by atoms with Gasteiger partial charge in [-0.05, 0) is 43.2 Å². The van der Waals surface area contributed by atoms with Crippen molar-refractivity contribution in [3.63, 3.8) is 0 Å². The molecule has 1 saturated carbocycles. The number of nitrogens with one attached hydrogen (secondary N) is 1. The number of nitrogens with zero attached hydrogens (tertiary/aromatic N) is 1. The quantitative estimate of drug-likeness (QED) is 0.808. The fourth-order valence-corrected chi connectivity index (χ4v) is 4.86. The molecule has 0 radical (unpaired) electrons. The first-order valence-electron chi connectivity index (χ1n) is 9.14. The van der Waals surface area contributed by atoms with Crippen molar-refractivity contribution in [1.82, 2.24) is 4.31 Å². The Balaban J connectivity index is 1.83. The highest BCUT2D eigenvalue weighted by atomic mass is 32.2. The van der Waals surface area contributed by atoms with Crippen LogP contribution in [0, 0.1) is 11.6 Å². The Kier molecular flexibility index (Phi) is 6.10. The van der Waals surface area contributed by atoms with Gasteiger partial charge in [-0.1, -0.05) is 31.4 Å². The molecule has 28 heavy (non-hydrogen) atoms. The van der Waals surface area contributed by atoms with Gasteiger partial charge >= 0.3 is 0 Å². The number of halogens is 2. The maximum absolute atomic E-state index is 13.8. The minimum atomic E-state index is -3.76. The summed E-state index contributed by atoms with van der Waals surface area (Å²) in [6.07, 6.45) is 4.72. The van der Waals surface area contributed by atoms with Crippen molar-refractivity contribution < 1.29 is 22.0 Å². The van der Waals surface area contributed by atoms with E-state index < -0.39 is 27.6 Å². The van der Waals surface area contributed by atoms with Crippen LogP contribution in [-0.4, -0.2) is 31.7 Å². The van der Waals surface area contributed by atoms with Gasteiger partial charge in [-0.25, -0.2) is 17.2 Å². The third-order valence-electron chi connectivity index (χ3n) is 5.06. The summed E-state index contributed by atoms with van der Waals surface area (Å²) in [5.41, 5.74) is -0.264. The second-order valence-corrected chi connectivity index (χ2v) is 8.89. The van der Waals surface area contributed by atoms with Crippen LogP contribution >= 0.6 is 0 Å². The number of hydrogen-bond acceptors (Lipinski definition) is 3. The highest BCUT2D eigenvalue weighted by Gasteiger charge is 2.29. The van der Waals surface area contributed by atoms with Crippen LogP contribution in [0.5, 0.6) is 0 Å². The number of amides is 1. The highest BCUT2D eigenvalue weighted by Crippen LogP contribution is 2.27. The lowest BCUT2D eigenvalue weighted by Gasteiger charge is -2.30. The maximum Gasteiger partial charge on any atom is 0.255 e. The second-order valence-electron chi connectivity index (χ2n) is 6.90. The van der Waals surface area contributed by atoms with E-state index in [2.05, 4.69) is 5.32 Å². The van der Waals surface area contributed by atoms with Crippen LogP contribution < -0.4 is 5.32 Å². The van der Waals surface area contributed by atoms with E-state index in [0.29, 0.717) is 0 Å². The number of carbonyl (C=O) groups excluding carboxylic acids is 1. The average Bonchev–Trinajstić information content (AvgIpc) is 2.71. The second kappa shape index (κ2) is 8.36. The molecule has 0 unspecified atom stereocenters. The average molecular weight is 408 g/mol. The van der Waals surface area contributed by atoms with Crippen molar-refractivity contribution in [3.05, 3.63) is 59.7 Å². The largest absolute Gasteiger partial charge is 0.319 e. The summed E-state index contributed by atoms with van der Waals surface area (Å²) < 4.78 is 54.3. The summed E-state index contributed by atoms with van der Waals surface area (Å²) in [4.78, 5) is 12.4. The Morgan fingerprint density at radius 2 is 1.75 bits per heavy atom. The molecule has 0 atom stereocenters. The molecule has 5 nitrogen and oxygen atoms in total. The van der Waals surface area contributed by atoms with Crippen LogP contribution in [0.25, 0.3) is 0 Å². The molecular weight excluding hydrogens is 386 g/mol. The van der Waals surface area contributed by atoms with Gasteiger partial charge < -0.3 is 5.32 Å². The van der Waals surface area contributed by atoms with E-state index in [0.717, 1.165) is 38.2 Å². The molecule has 1 N–H and O–H groups in total. The first-order chi connectivity index (χ1) is 13.3. The normalized spacial score (nSPS) is 15.6. The first kappa shape index (κ1) is 20.4. The smallest absolute Gasteiger partial charge is 0.255 e. The van der Waals surface area contributed by atoms with E-state index in [-0.39, 0.29) is 22.2 Å². The van der Waals surface area contributed by atoms with Crippen LogP contribution in [0.3, 0.4) is 0 Å². The predicted octanol–water partition coefficient (Wildman–Crippen LogP) is 4.17. The number of rotatable bonds is 5. The lowest BCUT2D eigenvalue weighted by Crippen LogP contribution is -2.38. The van der Waals surface area contributed by atoms with Crippen molar-refractivity contribution in [3.8, 4) is 0 Å². The van der Waals surface area contributed by atoms with E-state index in [1.54, 1.807) is 7.05 Å². The molecule has 0 aliphatic heterocycles. The zero-order valence-electron chi connectivity index (χ0n) is 15.5. The number of anilines is 1. The zero-order chi connectivity index (χ0) is 20.3. The summed E-state index contributed by atoms with van der Waals surface area (Å²) in [7, 11) is -2.21. The van der Waals surface area contributed by atoms with Crippen LogP contribution in [0.1, 0.15) is 42.5 Å². The van der Waals surface area contributed by atoms with Crippen LogP contribution in [-0.2, 0) is 10.0 Å². The van der Waals surface area contributed by atoms with Gasteiger partial charge in [0.1, 0.15) is 0 Å². The molecular formula is C20H22F2N2O3S. The van der Waals surface area contributed by atoms with E-state index in [1.165, 1.54) is 40.7 Å². The van der Waals surface area contributed by atoms with Crippen molar-refractivity contribution >= 4 is 21.6 Å². The molecule has 150 valence electrons. The molecule has 1 aliphatic carbocycles. The summed E-state index contributed by atoms with van der Waals surface area (Å²) >= 11 is 0. The Bertz CT molecular complexity index is 973. The van der Waals surface area contributed by atoms with E-state index in [9.17, 15) is 22.0 Å². The summed E-state index contributed by atoms with van der Waals surface area (Å²) in [5.74, 6) is -2.97. The molecule has 0 spiro atoms. The third kappa shape index (κ3) is 4.23. The third-order valence-corrected chi connectivity index (χ3v) is 6.97. The first-order valence-corrected chi connectivity index (χ1v) is 10.6. The zero-order valence-corrected chi connectivity index (χ0v) is 16.3. The van der Waals surface area contributed by atoms with Crippen molar-refractivity contribution in [1.29, 1.82) is 0 Å². The van der Waals surface area contributed by atoms with Gasteiger partial charge in [0, 0.05) is 18.7 Å². The van der Waals surface area contributed by atoms with Crippen LogP contribution in [0.4, 0.5) is 14.5 Å². The lowest BCUT2D eigenvalue weighted by molar-refractivity contribution is 0.102. The van der Waals surface area contributed by atoms with Crippen molar-refractivity contribution in [2.75, 3.05) is 12.4 Å². The molecule has 2 aromatic carbocycles. The number of carbonyl (C=O) groups is 1. The molecule has 1 aliphatic rings. The van der Waals surface area contributed by atoms with Crippen LogP contribution in [0.2, 0.25) is 0 Å². The van der Waals surface area contributed by atoms with Gasteiger partial charge in [-0.15, -0.1) is 0 Å². The van der Waals surface area contributed by atoms with Gasteiger partial charge in [0.05, 0.1) is 10.6 Å². The molecule has 0 saturated heterocycles. The highest BCUT2D eigenvalue weighted by molar-refractivity contribution is 7.89. The number of benzene rings is 2. The van der Waals surface area contributed by atoms with E-state index in [4.69, 9.17) is 0 Å². The van der Waals surface area contributed by atoms with Gasteiger partial charge in [0.25, 0.3) is 5.91 Å². The number of sulfonamides is 1. The molecule has 1 fully saturated rings. The molecule has 3 rings (SSSR count). The van der Waals surface area contributed by atoms with Gasteiger partial charge in [-0.2, -0.15) is 4.31 Å².